The summed E-state index contributed by atoms with van der Waals surface area (Å²) in [6.07, 6.45) is 5.85. The number of aromatic nitrogens is 2. The molecule has 0 bridgehead atoms. The van der Waals surface area contributed by atoms with Gasteiger partial charge in [-0.25, -0.2) is 9.97 Å². The normalized spacial score (nSPS) is 12.1. The van der Waals surface area contributed by atoms with Crippen molar-refractivity contribution in [2.45, 2.75) is 38.8 Å². The smallest absolute Gasteiger partial charge is 0.237 e. The molecular formula is C11H18N4O. The minimum atomic E-state index is -0.415. The molecule has 16 heavy (non-hydrogen) atoms. The summed E-state index contributed by atoms with van der Waals surface area (Å²) >= 11 is 0. The van der Waals surface area contributed by atoms with Crippen LogP contribution in [-0.2, 0) is 11.3 Å². The zero-order chi connectivity index (χ0) is 11.8. The Hall–Kier alpha value is -1.49. The summed E-state index contributed by atoms with van der Waals surface area (Å²) in [5.41, 5.74) is 6.51. The van der Waals surface area contributed by atoms with E-state index in [2.05, 4.69) is 22.2 Å². The second kappa shape index (κ2) is 6.90. The first-order chi connectivity index (χ1) is 7.74. The van der Waals surface area contributed by atoms with E-state index in [1.165, 1.54) is 6.33 Å². The fourth-order valence-electron chi connectivity index (χ4n) is 1.29. The SMILES string of the molecule is CCCC[C@H](N)C(=O)NCc1ccncn1. The molecule has 3 N–H and O–H groups in total. The maximum atomic E-state index is 11.5. The summed E-state index contributed by atoms with van der Waals surface area (Å²) in [6, 6.07) is 1.35. The molecule has 0 saturated carbocycles. The number of hydrogen-bond acceptors (Lipinski definition) is 4. The van der Waals surface area contributed by atoms with E-state index in [1.54, 1.807) is 12.3 Å². The third kappa shape index (κ3) is 4.35. The lowest BCUT2D eigenvalue weighted by molar-refractivity contribution is -0.122. The van der Waals surface area contributed by atoms with Crippen LogP contribution in [0.1, 0.15) is 31.9 Å². The summed E-state index contributed by atoms with van der Waals surface area (Å²) in [5, 5.41) is 2.75. The zero-order valence-electron chi connectivity index (χ0n) is 9.52. The summed E-state index contributed by atoms with van der Waals surface area (Å²) in [6.45, 7) is 2.48. The Morgan fingerprint density at radius 1 is 1.62 bits per heavy atom. The Labute approximate surface area is 95.5 Å². The molecule has 0 aromatic carbocycles. The van der Waals surface area contributed by atoms with Gasteiger partial charge in [-0.15, -0.1) is 0 Å². The first-order valence-corrected chi connectivity index (χ1v) is 5.52. The molecule has 5 nitrogen and oxygen atoms in total. The number of amides is 1. The number of hydrogen-bond donors (Lipinski definition) is 2. The van der Waals surface area contributed by atoms with Crippen molar-refractivity contribution in [3.8, 4) is 0 Å². The fraction of sp³-hybridized carbons (Fsp3) is 0.545. The molecule has 0 spiro atoms. The maximum absolute atomic E-state index is 11.5. The molecule has 1 atom stereocenters. The maximum Gasteiger partial charge on any atom is 0.237 e. The summed E-state index contributed by atoms with van der Waals surface area (Å²) in [4.78, 5) is 19.3. The number of carbonyl (C=O) groups excluding carboxylic acids is 1. The Balaban J connectivity index is 2.29. The van der Waals surface area contributed by atoms with Gasteiger partial charge in [0.15, 0.2) is 0 Å². The average Bonchev–Trinajstić information content (AvgIpc) is 2.34. The van der Waals surface area contributed by atoms with Gasteiger partial charge in [-0.2, -0.15) is 0 Å². The van der Waals surface area contributed by atoms with Gasteiger partial charge in [0.25, 0.3) is 0 Å². The number of rotatable bonds is 6. The van der Waals surface area contributed by atoms with E-state index in [1.807, 2.05) is 0 Å². The Bertz CT molecular complexity index is 315. The van der Waals surface area contributed by atoms with Crippen molar-refractivity contribution in [2.24, 2.45) is 5.73 Å². The molecule has 1 aromatic heterocycles. The van der Waals surface area contributed by atoms with Gasteiger partial charge in [-0.05, 0) is 12.5 Å². The molecule has 0 aliphatic carbocycles. The topological polar surface area (TPSA) is 80.9 Å². The molecule has 88 valence electrons. The van der Waals surface area contributed by atoms with Crippen molar-refractivity contribution in [3.63, 3.8) is 0 Å². The van der Waals surface area contributed by atoms with E-state index in [-0.39, 0.29) is 5.91 Å². The monoisotopic (exact) mass is 222 g/mol. The van der Waals surface area contributed by atoms with Crippen molar-refractivity contribution in [2.75, 3.05) is 0 Å². The number of nitrogens with two attached hydrogens (primary N) is 1. The number of unbranched alkanes of at least 4 members (excludes halogenated alkanes) is 1. The molecule has 1 rings (SSSR count). The minimum absolute atomic E-state index is 0.118. The highest BCUT2D eigenvalue weighted by molar-refractivity contribution is 5.81. The molecule has 0 aliphatic rings. The van der Waals surface area contributed by atoms with Crippen molar-refractivity contribution in [3.05, 3.63) is 24.3 Å². The molecule has 0 fully saturated rings. The lowest BCUT2D eigenvalue weighted by atomic mass is 10.1. The molecule has 1 heterocycles. The Kier molecular flexibility index (Phi) is 5.42. The third-order valence-corrected chi connectivity index (χ3v) is 2.29. The predicted octanol–water partition coefficient (Wildman–Crippen LogP) is 0.610. The first kappa shape index (κ1) is 12.6. The average molecular weight is 222 g/mol. The van der Waals surface area contributed by atoms with Gasteiger partial charge in [0.05, 0.1) is 18.3 Å². The van der Waals surface area contributed by atoms with Gasteiger partial charge in [0, 0.05) is 6.20 Å². The van der Waals surface area contributed by atoms with Crippen LogP contribution >= 0.6 is 0 Å². The van der Waals surface area contributed by atoms with Crippen LogP contribution in [-0.4, -0.2) is 21.9 Å². The van der Waals surface area contributed by atoms with Crippen molar-refractivity contribution >= 4 is 5.91 Å². The van der Waals surface area contributed by atoms with E-state index in [0.717, 1.165) is 25.0 Å². The lowest BCUT2D eigenvalue weighted by Crippen LogP contribution is -2.40. The van der Waals surface area contributed by atoms with Gasteiger partial charge in [-0.1, -0.05) is 19.8 Å². The highest BCUT2D eigenvalue weighted by Crippen LogP contribution is 1.98. The first-order valence-electron chi connectivity index (χ1n) is 5.52. The van der Waals surface area contributed by atoms with Crippen molar-refractivity contribution < 1.29 is 4.79 Å². The standard InChI is InChI=1S/C11H18N4O/c1-2-3-4-10(12)11(16)14-7-9-5-6-13-8-15-9/h5-6,8,10H,2-4,7,12H2,1H3,(H,14,16)/t10-/m0/s1. The second-order valence-electron chi connectivity index (χ2n) is 3.67. The quantitative estimate of drug-likeness (QED) is 0.739. The van der Waals surface area contributed by atoms with Gasteiger partial charge in [0.2, 0.25) is 5.91 Å². The molecular weight excluding hydrogens is 204 g/mol. The predicted molar refractivity (Wildman–Crippen MR) is 61.4 cm³/mol. The van der Waals surface area contributed by atoms with Gasteiger partial charge >= 0.3 is 0 Å². The zero-order valence-corrected chi connectivity index (χ0v) is 9.52. The minimum Gasteiger partial charge on any atom is -0.349 e. The number of nitrogens with zero attached hydrogens (tertiary/aromatic N) is 2. The van der Waals surface area contributed by atoms with E-state index < -0.39 is 6.04 Å². The second-order valence-corrected chi connectivity index (χ2v) is 3.67. The molecule has 1 aromatic rings. The Morgan fingerprint density at radius 3 is 3.06 bits per heavy atom. The van der Waals surface area contributed by atoms with Crippen LogP contribution in [0, 0.1) is 0 Å². The van der Waals surface area contributed by atoms with Crippen LogP contribution in [0.15, 0.2) is 18.6 Å². The van der Waals surface area contributed by atoms with Crippen LogP contribution in [0.25, 0.3) is 0 Å². The lowest BCUT2D eigenvalue weighted by Gasteiger charge is -2.11. The van der Waals surface area contributed by atoms with E-state index in [9.17, 15) is 4.79 Å². The van der Waals surface area contributed by atoms with Crippen LogP contribution < -0.4 is 11.1 Å². The van der Waals surface area contributed by atoms with Gasteiger partial charge < -0.3 is 11.1 Å². The highest BCUT2D eigenvalue weighted by Gasteiger charge is 2.11. The van der Waals surface area contributed by atoms with Crippen LogP contribution in [0.3, 0.4) is 0 Å². The molecule has 0 unspecified atom stereocenters. The van der Waals surface area contributed by atoms with Crippen molar-refractivity contribution in [1.29, 1.82) is 0 Å². The summed E-state index contributed by atoms with van der Waals surface area (Å²) < 4.78 is 0. The fourth-order valence-corrected chi connectivity index (χ4v) is 1.29. The summed E-state index contributed by atoms with van der Waals surface area (Å²) in [5.74, 6) is -0.118. The van der Waals surface area contributed by atoms with Crippen LogP contribution in [0.5, 0.6) is 0 Å². The number of carbonyl (C=O) groups is 1. The van der Waals surface area contributed by atoms with Crippen LogP contribution in [0.2, 0.25) is 0 Å². The van der Waals surface area contributed by atoms with E-state index >= 15 is 0 Å². The van der Waals surface area contributed by atoms with Gasteiger partial charge in [-0.3, -0.25) is 4.79 Å². The Morgan fingerprint density at radius 2 is 2.44 bits per heavy atom. The molecule has 1 amide bonds. The van der Waals surface area contributed by atoms with E-state index in [0.29, 0.717) is 6.54 Å². The molecule has 5 heteroatoms. The van der Waals surface area contributed by atoms with Crippen molar-refractivity contribution in [1.82, 2.24) is 15.3 Å². The third-order valence-electron chi connectivity index (χ3n) is 2.29. The molecule has 0 radical (unpaired) electrons. The molecule has 0 aliphatic heterocycles. The molecule has 0 saturated heterocycles. The highest BCUT2D eigenvalue weighted by atomic mass is 16.2. The summed E-state index contributed by atoms with van der Waals surface area (Å²) in [7, 11) is 0. The van der Waals surface area contributed by atoms with E-state index in [4.69, 9.17) is 5.73 Å². The van der Waals surface area contributed by atoms with Gasteiger partial charge in [0.1, 0.15) is 6.33 Å². The van der Waals surface area contributed by atoms with Crippen LogP contribution in [0.4, 0.5) is 0 Å². The number of nitrogens with one attached hydrogen (secondary N) is 1. The largest absolute Gasteiger partial charge is 0.349 e.